The van der Waals surface area contributed by atoms with Crippen molar-refractivity contribution in [2.24, 2.45) is 0 Å². The molecule has 0 saturated carbocycles. The molecule has 0 amide bonds. The maximum absolute atomic E-state index is 5.48. The number of hydrogen-bond donors (Lipinski definition) is 0. The number of rotatable bonds is 1. The smallest absolute Gasteiger partial charge is 0.177 e. The normalized spacial score (nSPS) is 40.9. The summed E-state index contributed by atoms with van der Waals surface area (Å²) in [5, 5.41) is 0. The van der Waals surface area contributed by atoms with E-state index in [1.165, 1.54) is 0 Å². The van der Waals surface area contributed by atoms with Crippen LogP contribution in [0.4, 0.5) is 0 Å². The Morgan fingerprint density at radius 1 is 1.42 bits per heavy atom. The zero-order chi connectivity index (χ0) is 8.39. The van der Waals surface area contributed by atoms with Crippen molar-refractivity contribution in [3.8, 4) is 0 Å². The lowest BCUT2D eigenvalue weighted by Gasteiger charge is -2.34. The Morgan fingerprint density at radius 3 is 3.17 bits per heavy atom. The molecule has 2 heterocycles. The molecule has 2 rings (SSSR count). The molecule has 0 N–H and O–H groups in total. The van der Waals surface area contributed by atoms with Crippen LogP contribution in [0.2, 0.25) is 0 Å². The third-order valence-electron chi connectivity index (χ3n) is 1.99. The third-order valence-corrected chi connectivity index (χ3v) is 1.99. The summed E-state index contributed by atoms with van der Waals surface area (Å²) in [6.45, 7) is 0.932. The molecule has 4 heteroatoms. The summed E-state index contributed by atoms with van der Waals surface area (Å²) in [5.41, 5.74) is 0. The lowest BCUT2D eigenvalue weighted by atomic mass is 10.1. The van der Waals surface area contributed by atoms with Crippen molar-refractivity contribution in [1.29, 1.82) is 0 Å². The Hall–Kier alpha value is -0.420. The number of ether oxygens (including phenoxy) is 4. The quantitative estimate of drug-likeness (QED) is 0.532. The van der Waals surface area contributed by atoms with E-state index in [0.29, 0.717) is 13.4 Å². The van der Waals surface area contributed by atoms with Crippen LogP contribution in [0.1, 0.15) is 0 Å². The average Bonchev–Trinajstić information content (AvgIpc) is 2.17. The van der Waals surface area contributed by atoms with Gasteiger partial charge in [-0.1, -0.05) is 6.08 Å². The topological polar surface area (TPSA) is 36.9 Å². The van der Waals surface area contributed by atoms with Crippen molar-refractivity contribution in [2.75, 3.05) is 20.5 Å². The molecule has 0 aromatic carbocycles. The Bertz CT molecular complexity index is 180. The molecule has 0 aliphatic carbocycles. The molecular formula is C8H12O4. The molecule has 3 atom stereocenters. The first kappa shape index (κ1) is 8.19. The summed E-state index contributed by atoms with van der Waals surface area (Å²) in [6, 6.07) is 0. The van der Waals surface area contributed by atoms with Crippen LogP contribution in [-0.2, 0) is 18.9 Å². The van der Waals surface area contributed by atoms with Crippen molar-refractivity contribution in [3.63, 3.8) is 0 Å². The molecule has 0 radical (unpaired) electrons. The molecule has 2 aliphatic heterocycles. The second-order valence-electron chi connectivity index (χ2n) is 2.78. The largest absolute Gasteiger partial charge is 0.353 e. The van der Waals surface area contributed by atoms with Crippen LogP contribution in [0.5, 0.6) is 0 Å². The summed E-state index contributed by atoms with van der Waals surface area (Å²) in [6.07, 6.45) is 3.58. The average molecular weight is 172 g/mol. The maximum Gasteiger partial charge on any atom is 0.177 e. The fraction of sp³-hybridized carbons (Fsp3) is 0.750. The monoisotopic (exact) mass is 172 g/mol. The van der Waals surface area contributed by atoms with Gasteiger partial charge in [-0.2, -0.15) is 0 Å². The molecule has 1 fully saturated rings. The fourth-order valence-electron chi connectivity index (χ4n) is 1.34. The highest BCUT2D eigenvalue weighted by Gasteiger charge is 2.30. The Balaban J connectivity index is 2.01. The standard InChI is InChI=1S/C8H12O4/c1-9-8-3-2-6-7(12-8)4-10-5-11-6/h2-3,6-8H,4-5H2,1H3/t6-,7+,8?/m0/s1. The molecule has 0 spiro atoms. The van der Waals surface area contributed by atoms with Crippen molar-refractivity contribution >= 4 is 0 Å². The molecule has 1 saturated heterocycles. The zero-order valence-corrected chi connectivity index (χ0v) is 6.93. The van der Waals surface area contributed by atoms with E-state index in [0.717, 1.165) is 0 Å². The van der Waals surface area contributed by atoms with Gasteiger partial charge in [-0.3, -0.25) is 0 Å². The van der Waals surface area contributed by atoms with Crippen LogP contribution in [0.15, 0.2) is 12.2 Å². The lowest BCUT2D eigenvalue weighted by molar-refractivity contribution is -0.238. The minimum Gasteiger partial charge on any atom is -0.353 e. The summed E-state index contributed by atoms with van der Waals surface area (Å²) in [4.78, 5) is 0. The van der Waals surface area contributed by atoms with Crippen LogP contribution >= 0.6 is 0 Å². The lowest BCUT2D eigenvalue weighted by Crippen LogP contribution is -2.44. The SMILES string of the molecule is COC1C=C[C@@H]2OCOC[C@H]2O1. The molecule has 4 nitrogen and oxygen atoms in total. The highest BCUT2D eigenvalue weighted by molar-refractivity contribution is 5.01. The van der Waals surface area contributed by atoms with Gasteiger partial charge in [-0.15, -0.1) is 0 Å². The second kappa shape index (κ2) is 3.53. The number of methoxy groups -OCH3 is 1. The van der Waals surface area contributed by atoms with Gasteiger partial charge in [-0.05, 0) is 6.08 Å². The van der Waals surface area contributed by atoms with Gasteiger partial charge in [0.15, 0.2) is 6.29 Å². The van der Waals surface area contributed by atoms with Gasteiger partial charge in [-0.25, -0.2) is 0 Å². The van der Waals surface area contributed by atoms with E-state index in [-0.39, 0.29) is 18.5 Å². The van der Waals surface area contributed by atoms with Gasteiger partial charge in [0.25, 0.3) is 0 Å². The Morgan fingerprint density at radius 2 is 2.33 bits per heavy atom. The van der Waals surface area contributed by atoms with E-state index >= 15 is 0 Å². The summed E-state index contributed by atoms with van der Waals surface area (Å²) < 4.78 is 20.9. The summed E-state index contributed by atoms with van der Waals surface area (Å²) in [5.74, 6) is 0. The zero-order valence-electron chi connectivity index (χ0n) is 6.93. The van der Waals surface area contributed by atoms with Crippen molar-refractivity contribution < 1.29 is 18.9 Å². The van der Waals surface area contributed by atoms with Crippen molar-refractivity contribution in [1.82, 2.24) is 0 Å². The molecule has 0 aromatic rings. The van der Waals surface area contributed by atoms with E-state index in [1.807, 2.05) is 12.2 Å². The van der Waals surface area contributed by atoms with Crippen LogP contribution in [-0.4, -0.2) is 39.0 Å². The Kier molecular flexibility index (Phi) is 2.41. The predicted molar refractivity (Wildman–Crippen MR) is 40.5 cm³/mol. The molecule has 68 valence electrons. The highest BCUT2D eigenvalue weighted by atomic mass is 16.7. The molecule has 0 bridgehead atoms. The summed E-state index contributed by atoms with van der Waals surface area (Å²) >= 11 is 0. The van der Waals surface area contributed by atoms with Gasteiger partial charge in [0, 0.05) is 7.11 Å². The first-order chi connectivity index (χ1) is 5.90. The summed E-state index contributed by atoms with van der Waals surface area (Å²) in [7, 11) is 1.61. The second-order valence-corrected chi connectivity index (χ2v) is 2.78. The Labute approximate surface area is 71.0 Å². The third kappa shape index (κ3) is 1.51. The molecular weight excluding hydrogens is 160 g/mol. The maximum atomic E-state index is 5.48. The molecule has 1 unspecified atom stereocenters. The highest BCUT2D eigenvalue weighted by Crippen LogP contribution is 2.19. The van der Waals surface area contributed by atoms with Crippen LogP contribution in [0, 0.1) is 0 Å². The molecule has 2 aliphatic rings. The van der Waals surface area contributed by atoms with E-state index in [9.17, 15) is 0 Å². The van der Waals surface area contributed by atoms with Gasteiger partial charge < -0.3 is 18.9 Å². The number of fused-ring (bicyclic) bond motifs is 1. The predicted octanol–water partition coefficient (Wildman–Crippen LogP) is 0.287. The van der Waals surface area contributed by atoms with E-state index in [1.54, 1.807) is 7.11 Å². The minimum atomic E-state index is -0.253. The van der Waals surface area contributed by atoms with E-state index in [4.69, 9.17) is 18.9 Å². The fourth-order valence-corrected chi connectivity index (χ4v) is 1.34. The van der Waals surface area contributed by atoms with Gasteiger partial charge in [0.1, 0.15) is 19.0 Å². The van der Waals surface area contributed by atoms with Crippen LogP contribution in [0.25, 0.3) is 0 Å². The first-order valence-corrected chi connectivity index (χ1v) is 3.96. The number of hydrogen-bond acceptors (Lipinski definition) is 4. The van der Waals surface area contributed by atoms with Gasteiger partial charge >= 0.3 is 0 Å². The van der Waals surface area contributed by atoms with E-state index in [2.05, 4.69) is 0 Å². The van der Waals surface area contributed by atoms with E-state index < -0.39 is 0 Å². The minimum absolute atomic E-state index is 0.0197. The van der Waals surface area contributed by atoms with Gasteiger partial charge in [0.05, 0.1) is 6.61 Å². The van der Waals surface area contributed by atoms with Crippen molar-refractivity contribution in [3.05, 3.63) is 12.2 Å². The van der Waals surface area contributed by atoms with Crippen LogP contribution < -0.4 is 0 Å². The molecule has 0 aromatic heterocycles. The van der Waals surface area contributed by atoms with Crippen molar-refractivity contribution in [2.45, 2.75) is 18.5 Å². The first-order valence-electron chi connectivity index (χ1n) is 3.96. The molecule has 12 heavy (non-hydrogen) atoms. The van der Waals surface area contributed by atoms with Crippen LogP contribution in [0.3, 0.4) is 0 Å². The van der Waals surface area contributed by atoms with Gasteiger partial charge in [0.2, 0.25) is 0 Å².